The molecule has 0 radical (unpaired) electrons. The molecular formula is C12H20N2O3S2. The van der Waals surface area contributed by atoms with Crippen LogP contribution < -0.4 is 10.5 Å². The van der Waals surface area contributed by atoms with Crippen molar-refractivity contribution in [2.24, 2.45) is 5.73 Å². The summed E-state index contributed by atoms with van der Waals surface area (Å²) < 4.78 is 32.6. The lowest BCUT2D eigenvalue weighted by Gasteiger charge is -2.40. The molecule has 0 unspecified atom stereocenters. The van der Waals surface area contributed by atoms with E-state index in [4.69, 9.17) is 10.5 Å². The van der Waals surface area contributed by atoms with Crippen LogP contribution in [0, 0.1) is 6.92 Å². The lowest BCUT2D eigenvalue weighted by molar-refractivity contribution is -0.0659. The molecule has 19 heavy (non-hydrogen) atoms. The molecule has 1 aromatic heterocycles. The number of thiophene rings is 1. The Hall–Kier alpha value is -0.470. The molecule has 2 rings (SSSR count). The second-order valence-electron chi connectivity index (χ2n) is 4.90. The lowest BCUT2D eigenvalue weighted by Crippen LogP contribution is -2.49. The molecule has 3 N–H and O–H groups in total. The smallest absolute Gasteiger partial charge is 0.241 e. The van der Waals surface area contributed by atoms with Crippen LogP contribution in [0.2, 0.25) is 0 Å². The maximum atomic E-state index is 12.3. The van der Waals surface area contributed by atoms with Crippen LogP contribution in [0.1, 0.15) is 29.0 Å². The summed E-state index contributed by atoms with van der Waals surface area (Å²) in [5.74, 6) is 0. The molecule has 0 saturated heterocycles. The predicted molar refractivity (Wildman–Crippen MR) is 75.7 cm³/mol. The van der Waals surface area contributed by atoms with Crippen molar-refractivity contribution in [3.8, 4) is 0 Å². The van der Waals surface area contributed by atoms with Crippen molar-refractivity contribution < 1.29 is 13.2 Å². The Morgan fingerprint density at radius 2 is 2.21 bits per heavy atom. The minimum atomic E-state index is -3.47. The highest BCUT2D eigenvalue weighted by atomic mass is 32.2. The molecule has 7 heteroatoms. The summed E-state index contributed by atoms with van der Waals surface area (Å²) in [6, 6.07) is 1.66. The van der Waals surface area contributed by atoms with Crippen LogP contribution in [0.15, 0.2) is 11.0 Å². The van der Waals surface area contributed by atoms with Crippen molar-refractivity contribution >= 4 is 21.4 Å². The van der Waals surface area contributed by atoms with E-state index in [0.717, 1.165) is 29.0 Å². The van der Waals surface area contributed by atoms with Crippen LogP contribution in [0.25, 0.3) is 0 Å². The molecule has 1 heterocycles. The highest BCUT2D eigenvalue weighted by Crippen LogP contribution is 2.35. The summed E-state index contributed by atoms with van der Waals surface area (Å²) in [5, 5.41) is 0. The Labute approximate surface area is 118 Å². The van der Waals surface area contributed by atoms with Crippen molar-refractivity contribution in [1.82, 2.24) is 4.72 Å². The zero-order valence-corrected chi connectivity index (χ0v) is 12.9. The number of methoxy groups -OCH3 is 1. The van der Waals surface area contributed by atoms with Crippen LogP contribution in [-0.2, 0) is 21.3 Å². The molecule has 1 aliphatic rings. The molecule has 0 atom stereocenters. The van der Waals surface area contributed by atoms with Gasteiger partial charge in [-0.25, -0.2) is 13.1 Å². The molecule has 1 saturated carbocycles. The van der Waals surface area contributed by atoms with E-state index in [1.54, 1.807) is 20.1 Å². The summed E-state index contributed by atoms with van der Waals surface area (Å²) >= 11 is 1.42. The zero-order valence-electron chi connectivity index (χ0n) is 11.2. The first-order valence-electron chi connectivity index (χ1n) is 6.27. The topological polar surface area (TPSA) is 81.4 Å². The summed E-state index contributed by atoms with van der Waals surface area (Å²) in [5.41, 5.74) is 5.23. The fourth-order valence-corrected chi connectivity index (χ4v) is 4.85. The monoisotopic (exact) mass is 304 g/mol. The molecular weight excluding hydrogens is 284 g/mol. The molecule has 0 bridgehead atoms. The van der Waals surface area contributed by atoms with Gasteiger partial charge >= 0.3 is 0 Å². The molecule has 0 aromatic carbocycles. The predicted octanol–water partition coefficient (Wildman–Crippen LogP) is 1.36. The molecule has 5 nitrogen and oxygen atoms in total. The number of nitrogens with one attached hydrogen (secondary N) is 1. The Bertz CT molecular complexity index is 542. The molecule has 1 fully saturated rings. The van der Waals surface area contributed by atoms with Crippen LogP contribution in [0.5, 0.6) is 0 Å². The first kappa shape index (κ1) is 14.9. The van der Waals surface area contributed by atoms with E-state index in [2.05, 4.69) is 4.72 Å². The standard InChI is InChI=1S/C12H20N2O3S2/c1-9-11(6-10(7-13)18-9)19(15,16)14-8-12(17-2)4-3-5-12/h6,14H,3-5,7-8,13H2,1-2H3. The number of rotatable bonds is 6. The Kier molecular flexibility index (Phi) is 4.32. The van der Waals surface area contributed by atoms with Gasteiger partial charge in [-0.2, -0.15) is 0 Å². The van der Waals surface area contributed by atoms with E-state index in [-0.39, 0.29) is 5.60 Å². The van der Waals surface area contributed by atoms with Gasteiger partial charge in [0.1, 0.15) is 0 Å². The van der Waals surface area contributed by atoms with Gasteiger partial charge in [0.15, 0.2) is 0 Å². The summed E-state index contributed by atoms with van der Waals surface area (Å²) in [4.78, 5) is 1.99. The van der Waals surface area contributed by atoms with Crippen molar-refractivity contribution in [2.45, 2.75) is 43.2 Å². The van der Waals surface area contributed by atoms with E-state index < -0.39 is 10.0 Å². The lowest BCUT2D eigenvalue weighted by atomic mass is 9.80. The summed E-state index contributed by atoms with van der Waals surface area (Å²) in [6.45, 7) is 2.50. The van der Waals surface area contributed by atoms with E-state index in [9.17, 15) is 8.42 Å². The molecule has 1 aromatic rings. The molecule has 0 amide bonds. The van der Waals surface area contributed by atoms with Crippen molar-refractivity contribution in [2.75, 3.05) is 13.7 Å². The van der Waals surface area contributed by atoms with E-state index >= 15 is 0 Å². The van der Waals surface area contributed by atoms with Gasteiger partial charge in [0.05, 0.1) is 10.5 Å². The van der Waals surface area contributed by atoms with Gasteiger partial charge in [0.2, 0.25) is 10.0 Å². The highest BCUT2D eigenvalue weighted by molar-refractivity contribution is 7.89. The van der Waals surface area contributed by atoms with Gasteiger partial charge < -0.3 is 10.5 Å². The molecule has 0 aliphatic heterocycles. The average Bonchev–Trinajstić information content (AvgIpc) is 2.70. The minimum Gasteiger partial charge on any atom is -0.377 e. The maximum absolute atomic E-state index is 12.3. The largest absolute Gasteiger partial charge is 0.377 e. The number of hydrogen-bond donors (Lipinski definition) is 2. The van der Waals surface area contributed by atoms with Gasteiger partial charge in [-0.05, 0) is 32.3 Å². The van der Waals surface area contributed by atoms with Crippen LogP contribution >= 0.6 is 11.3 Å². The SMILES string of the molecule is COC1(CNS(=O)(=O)c2cc(CN)sc2C)CCC1. The first-order valence-corrected chi connectivity index (χ1v) is 8.57. The van der Waals surface area contributed by atoms with Crippen molar-refractivity contribution in [3.05, 3.63) is 15.8 Å². The molecule has 108 valence electrons. The number of hydrogen-bond acceptors (Lipinski definition) is 5. The molecule has 1 aliphatic carbocycles. The minimum absolute atomic E-state index is 0.312. The number of sulfonamides is 1. The van der Waals surface area contributed by atoms with Gasteiger partial charge in [0.25, 0.3) is 0 Å². The third kappa shape index (κ3) is 3.00. The van der Waals surface area contributed by atoms with E-state index in [1.165, 1.54) is 11.3 Å². The van der Waals surface area contributed by atoms with Crippen molar-refractivity contribution in [1.29, 1.82) is 0 Å². The first-order chi connectivity index (χ1) is 8.92. The molecule has 0 spiro atoms. The van der Waals surface area contributed by atoms with Gasteiger partial charge in [-0.3, -0.25) is 0 Å². The number of aryl methyl sites for hydroxylation is 1. The Morgan fingerprint density at radius 3 is 2.63 bits per heavy atom. The van der Waals surface area contributed by atoms with Gasteiger partial charge in [0, 0.05) is 30.0 Å². The fourth-order valence-electron chi connectivity index (χ4n) is 2.22. The quantitative estimate of drug-likeness (QED) is 0.831. The van der Waals surface area contributed by atoms with E-state index in [1.807, 2.05) is 0 Å². The maximum Gasteiger partial charge on any atom is 0.241 e. The van der Waals surface area contributed by atoms with Crippen LogP contribution in [0.3, 0.4) is 0 Å². The fraction of sp³-hybridized carbons (Fsp3) is 0.667. The third-order valence-electron chi connectivity index (χ3n) is 3.70. The summed E-state index contributed by atoms with van der Waals surface area (Å²) in [7, 11) is -1.84. The normalized spacial score (nSPS) is 18.3. The number of ether oxygens (including phenoxy) is 1. The zero-order chi connectivity index (χ0) is 14.1. The number of nitrogens with two attached hydrogens (primary N) is 1. The van der Waals surface area contributed by atoms with Crippen LogP contribution in [-0.4, -0.2) is 27.7 Å². The van der Waals surface area contributed by atoms with Gasteiger partial charge in [-0.15, -0.1) is 11.3 Å². The van der Waals surface area contributed by atoms with Crippen LogP contribution in [0.4, 0.5) is 0 Å². The highest BCUT2D eigenvalue weighted by Gasteiger charge is 2.38. The van der Waals surface area contributed by atoms with E-state index in [0.29, 0.717) is 18.0 Å². The second kappa shape index (κ2) is 5.49. The Morgan fingerprint density at radius 1 is 1.53 bits per heavy atom. The Balaban J connectivity index is 2.11. The van der Waals surface area contributed by atoms with Crippen molar-refractivity contribution in [3.63, 3.8) is 0 Å². The third-order valence-corrected chi connectivity index (χ3v) is 6.43. The summed E-state index contributed by atoms with van der Waals surface area (Å²) in [6.07, 6.45) is 2.90. The van der Waals surface area contributed by atoms with Gasteiger partial charge in [-0.1, -0.05) is 0 Å². The average molecular weight is 304 g/mol. The second-order valence-corrected chi connectivity index (χ2v) is 7.98.